The van der Waals surface area contributed by atoms with E-state index in [9.17, 15) is 39.9 Å². The number of morpholine rings is 1. The molecule has 7 N–H and O–H groups in total. The van der Waals surface area contributed by atoms with Crippen molar-refractivity contribution in [2.24, 2.45) is 0 Å². The molecule has 0 amide bonds. The summed E-state index contributed by atoms with van der Waals surface area (Å²) in [7, 11) is 1.52. The number of carbonyl (C=O) groups is 3. The van der Waals surface area contributed by atoms with Gasteiger partial charge < -0.3 is 50.2 Å². The van der Waals surface area contributed by atoms with Crippen LogP contribution in [0, 0.1) is 0 Å². The van der Waals surface area contributed by atoms with Crippen molar-refractivity contribution in [1.82, 2.24) is 4.90 Å². The van der Waals surface area contributed by atoms with E-state index in [0.717, 1.165) is 0 Å². The number of anilines is 1. The van der Waals surface area contributed by atoms with Crippen LogP contribution in [0.4, 0.5) is 5.69 Å². The molecule has 0 aromatic heterocycles. The van der Waals surface area contributed by atoms with Gasteiger partial charge in [-0.25, -0.2) is 0 Å². The number of phenols is 2. The molecule has 2 aromatic carbocycles. The van der Waals surface area contributed by atoms with Crippen molar-refractivity contribution in [2.45, 2.75) is 68.7 Å². The van der Waals surface area contributed by atoms with Crippen molar-refractivity contribution >= 4 is 23.0 Å². The van der Waals surface area contributed by atoms with Gasteiger partial charge in [0.15, 0.2) is 29.9 Å². The van der Waals surface area contributed by atoms with Gasteiger partial charge in [0.25, 0.3) is 0 Å². The lowest BCUT2D eigenvalue weighted by Crippen LogP contribution is -2.59. The highest BCUT2D eigenvalue weighted by molar-refractivity contribution is 6.32. The molecule has 2 saturated heterocycles. The molecule has 2 aliphatic heterocycles. The van der Waals surface area contributed by atoms with E-state index in [1.165, 1.54) is 25.3 Å². The van der Waals surface area contributed by atoms with Gasteiger partial charge in [0, 0.05) is 67.9 Å². The molecule has 0 bridgehead atoms. The van der Waals surface area contributed by atoms with E-state index in [1.807, 2.05) is 4.90 Å². The molecule has 0 spiro atoms. The standard InChI is InChI=1S/C31H36N2O12/c1-13-26(36)17(33-6-7-43-21(11-33)42-2)8-20(44-13)45-18-10-31(41,19(35)12-34)9-15-23(18)30(40)25-24(28(15)38)27(37)14-4-3-5-16(32)22(14)29(25)39/h3-5,13,17-18,20-21,26,34,36,38,40-41H,6-12,32H2,1-2H3/t13-,17-,18-,20-,21-,26+,31-/m0/s1. The third-order valence-electron chi connectivity index (χ3n) is 9.38. The van der Waals surface area contributed by atoms with Gasteiger partial charge in [0.2, 0.25) is 0 Å². The van der Waals surface area contributed by atoms with Gasteiger partial charge in [0.05, 0.1) is 41.6 Å². The van der Waals surface area contributed by atoms with Crippen LogP contribution in [-0.2, 0) is 30.2 Å². The van der Waals surface area contributed by atoms with E-state index in [2.05, 4.69) is 0 Å². The van der Waals surface area contributed by atoms with E-state index in [4.69, 9.17) is 24.7 Å². The Balaban J connectivity index is 1.42. The maximum Gasteiger partial charge on any atom is 0.200 e. The molecule has 242 valence electrons. The Kier molecular flexibility index (Phi) is 8.20. The monoisotopic (exact) mass is 628 g/mol. The minimum atomic E-state index is -2.26. The molecule has 0 radical (unpaired) electrons. The van der Waals surface area contributed by atoms with Crippen LogP contribution in [0.25, 0.3) is 0 Å². The Hall–Kier alpha value is -3.47. The number of nitrogen functional groups attached to an aromatic ring is 1. The lowest BCUT2D eigenvalue weighted by atomic mass is 9.72. The van der Waals surface area contributed by atoms with Crippen LogP contribution < -0.4 is 5.73 Å². The molecule has 6 rings (SSSR count). The number of hydrogen-bond acceptors (Lipinski definition) is 14. The Morgan fingerprint density at radius 2 is 1.87 bits per heavy atom. The van der Waals surface area contributed by atoms with Gasteiger partial charge in [-0.3, -0.25) is 19.3 Å². The Morgan fingerprint density at radius 1 is 1.13 bits per heavy atom. The van der Waals surface area contributed by atoms with Crippen molar-refractivity contribution in [3.63, 3.8) is 0 Å². The molecular formula is C31H36N2O12. The number of benzene rings is 2. The maximum atomic E-state index is 13.7. The van der Waals surface area contributed by atoms with Gasteiger partial charge >= 0.3 is 0 Å². The number of nitrogens with two attached hydrogens (primary N) is 1. The van der Waals surface area contributed by atoms with Gasteiger partial charge in [-0.05, 0) is 13.0 Å². The van der Waals surface area contributed by atoms with Crippen LogP contribution in [-0.4, -0.2) is 118 Å². The normalized spacial score (nSPS) is 31.7. The van der Waals surface area contributed by atoms with Crippen molar-refractivity contribution < 1.29 is 58.9 Å². The second-order valence-electron chi connectivity index (χ2n) is 12.0. The third-order valence-corrected chi connectivity index (χ3v) is 9.38. The number of ether oxygens (including phenoxy) is 4. The SMILES string of the molecule is CO[C@@H]1CN([C@H]2C[C@H](O[C@H]3C[C@](O)(C(=O)CO)Cc4c(O)c5c(c(O)c43)C(=O)c3c(N)cccc3C5=O)O[C@@H](C)[C@H]2O)CCO1. The molecule has 14 nitrogen and oxygen atoms in total. The van der Waals surface area contributed by atoms with Crippen molar-refractivity contribution in [1.29, 1.82) is 0 Å². The molecule has 4 aliphatic rings. The third kappa shape index (κ3) is 5.11. The molecule has 2 aromatic rings. The molecule has 2 fully saturated rings. The van der Waals surface area contributed by atoms with Gasteiger partial charge in [-0.15, -0.1) is 0 Å². The highest BCUT2D eigenvalue weighted by Gasteiger charge is 2.50. The molecule has 45 heavy (non-hydrogen) atoms. The Labute approximate surface area is 257 Å². The number of aromatic hydroxyl groups is 2. The fourth-order valence-corrected chi connectivity index (χ4v) is 7.02. The summed E-state index contributed by atoms with van der Waals surface area (Å²) in [4.78, 5) is 42.1. The lowest BCUT2D eigenvalue weighted by Gasteiger charge is -2.47. The summed E-state index contributed by atoms with van der Waals surface area (Å²) in [5.74, 6) is -3.89. The first-order chi connectivity index (χ1) is 21.4. The predicted molar refractivity (Wildman–Crippen MR) is 154 cm³/mol. The zero-order valence-electron chi connectivity index (χ0n) is 24.8. The van der Waals surface area contributed by atoms with E-state index < -0.39 is 102 Å². The van der Waals surface area contributed by atoms with Gasteiger partial charge in [-0.1, -0.05) is 12.1 Å². The lowest BCUT2D eigenvalue weighted by molar-refractivity contribution is -0.266. The summed E-state index contributed by atoms with van der Waals surface area (Å²) in [5.41, 5.74) is 2.35. The summed E-state index contributed by atoms with van der Waals surface area (Å²) in [5, 5.41) is 55.3. The minimum absolute atomic E-state index is 0.0110. The quantitative estimate of drug-likeness (QED) is 0.155. The fourth-order valence-electron chi connectivity index (χ4n) is 7.02. The first-order valence-corrected chi connectivity index (χ1v) is 14.7. The number of nitrogens with zero attached hydrogens (tertiary/aromatic N) is 1. The summed E-state index contributed by atoms with van der Waals surface area (Å²) in [6.45, 7) is 1.88. The van der Waals surface area contributed by atoms with Crippen molar-refractivity contribution in [3.8, 4) is 11.5 Å². The van der Waals surface area contributed by atoms with E-state index >= 15 is 0 Å². The molecule has 7 atom stereocenters. The number of phenolic OH excluding ortho intramolecular Hbond substituents is 2. The van der Waals surface area contributed by atoms with E-state index in [1.54, 1.807) is 6.92 Å². The highest BCUT2D eigenvalue weighted by Crippen LogP contribution is 2.52. The molecule has 2 heterocycles. The summed E-state index contributed by atoms with van der Waals surface area (Å²) in [6, 6.07) is 3.82. The zero-order valence-corrected chi connectivity index (χ0v) is 24.8. The van der Waals surface area contributed by atoms with Gasteiger partial charge in [-0.2, -0.15) is 0 Å². The zero-order chi connectivity index (χ0) is 32.4. The van der Waals surface area contributed by atoms with Crippen LogP contribution in [0.2, 0.25) is 0 Å². The number of aliphatic hydroxyl groups excluding tert-OH is 2. The van der Waals surface area contributed by atoms with E-state index in [0.29, 0.717) is 19.7 Å². The van der Waals surface area contributed by atoms with Crippen LogP contribution in [0.3, 0.4) is 0 Å². The second-order valence-corrected chi connectivity index (χ2v) is 12.0. The van der Waals surface area contributed by atoms with Crippen molar-refractivity contribution in [2.75, 3.05) is 39.1 Å². The number of ketones is 3. The average Bonchev–Trinajstić information content (AvgIpc) is 3.02. The number of aliphatic hydroxyl groups is 3. The first-order valence-electron chi connectivity index (χ1n) is 14.7. The maximum absolute atomic E-state index is 13.7. The number of hydrogen-bond donors (Lipinski definition) is 6. The number of Topliss-reactive ketones (excluding diaryl/α,β-unsaturated/α-hetero) is 1. The van der Waals surface area contributed by atoms with Crippen LogP contribution in [0.15, 0.2) is 18.2 Å². The summed E-state index contributed by atoms with van der Waals surface area (Å²) >= 11 is 0. The van der Waals surface area contributed by atoms with Crippen LogP contribution >= 0.6 is 0 Å². The minimum Gasteiger partial charge on any atom is -0.507 e. The van der Waals surface area contributed by atoms with E-state index in [-0.39, 0.29) is 34.4 Å². The van der Waals surface area contributed by atoms with Crippen LogP contribution in [0.5, 0.6) is 11.5 Å². The molecule has 14 heteroatoms. The largest absolute Gasteiger partial charge is 0.507 e. The fraction of sp³-hybridized carbons (Fsp3) is 0.516. The van der Waals surface area contributed by atoms with Crippen LogP contribution in [0.1, 0.15) is 68.8 Å². The van der Waals surface area contributed by atoms with Gasteiger partial charge in [0.1, 0.15) is 23.7 Å². The Bertz CT molecular complexity index is 1560. The predicted octanol–water partition coefficient (Wildman–Crippen LogP) is -0.0791. The molecule has 2 aliphatic carbocycles. The number of rotatable bonds is 6. The molecule has 0 saturated carbocycles. The highest BCUT2D eigenvalue weighted by atomic mass is 16.7. The molecule has 0 unspecified atom stereocenters. The average molecular weight is 629 g/mol. The summed E-state index contributed by atoms with van der Waals surface area (Å²) in [6.07, 6.45) is -5.46. The number of fused-ring (bicyclic) bond motifs is 3. The summed E-state index contributed by atoms with van der Waals surface area (Å²) < 4.78 is 23.2. The topological polar surface area (TPSA) is 219 Å². The second kappa shape index (κ2) is 11.7. The smallest absolute Gasteiger partial charge is 0.200 e. The number of methoxy groups -OCH3 is 1. The molecular weight excluding hydrogens is 592 g/mol. The first kappa shape index (κ1) is 31.5. The van der Waals surface area contributed by atoms with Crippen molar-refractivity contribution in [3.05, 3.63) is 51.6 Å². The number of carbonyl (C=O) groups excluding carboxylic acids is 3. The Morgan fingerprint density at radius 3 is 2.58 bits per heavy atom.